The first-order chi connectivity index (χ1) is 8.16. The van der Waals surface area contributed by atoms with Gasteiger partial charge in [-0.25, -0.2) is 0 Å². The van der Waals surface area contributed by atoms with Gasteiger partial charge in [0.2, 0.25) is 5.91 Å². The summed E-state index contributed by atoms with van der Waals surface area (Å²) in [6.07, 6.45) is 2.95. The van der Waals surface area contributed by atoms with Crippen LogP contribution in [0.3, 0.4) is 0 Å². The molecule has 1 amide bonds. The molecule has 0 aromatic heterocycles. The maximum atomic E-state index is 12.1. The molecule has 2 saturated heterocycles. The molecule has 2 aliphatic heterocycles. The number of likely N-dealkylation sites (tertiary alicyclic amines) is 1. The number of carbonyl (C=O) groups excluding carboxylic acids is 1. The SMILES string of the molecule is O=C(O)CC1CCN(C(=O)C2CCSC2)CC1. The van der Waals surface area contributed by atoms with Gasteiger partial charge in [0.1, 0.15) is 0 Å². The van der Waals surface area contributed by atoms with Crippen LogP contribution in [0.15, 0.2) is 0 Å². The van der Waals surface area contributed by atoms with Gasteiger partial charge in [-0.05, 0) is 30.9 Å². The molecule has 2 aliphatic rings. The van der Waals surface area contributed by atoms with Crippen molar-refractivity contribution in [3.8, 4) is 0 Å². The van der Waals surface area contributed by atoms with Crippen LogP contribution in [0.5, 0.6) is 0 Å². The van der Waals surface area contributed by atoms with Crippen molar-refractivity contribution in [2.75, 3.05) is 24.6 Å². The van der Waals surface area contributed by atoms with Gasteiger partial charge in [-0.3, -0.25) is 9.59 Å². The van der Waals surface area contributed by atoms with Gasteiger partial charge in [-0.15, -0.1) is 0 Å². The Labute approximate surface area is 106 Å². The minimum Gasteiger partial charge on any atom is -0.481 e. The summed E-state index contributed by atoms with van der Waals surface area (Å²) in [4.78, 5) is 24.7. The van der Waals surface area contributed by atoms with Crippen LogP contribution in [0, 0.1) is 11.8 Å². The number of hydrogen-bond donors (Lipinski definition) is 1. The molecule has 0 bridgehead atoms. The topological polar surface area (TPSA) is 57.6 Å². The number of carboxylic acid groups (broad SMARTS) is 1. The van der Waals surface area contributed by atoms with Crippen LogP contribution in [0.1, 0.15) is 25.7 Å². The molecule has 4 nitrogen and oxygen atoms in total. The largest absolute Gasteiger partial charge is 0.481 e. The zero-order valence-electron chi connectivity index (χ0n) is 9.93. The van der Waals surface area contributed by atoms with Gasteiger partial charge >= 0.3 is 5.97 Å². The van der Waals surface area contributed by atoms with Gasteiger partial charge in [-0.2, -0.15) is 11.8 Å². The lowest BCUT2D eigenvalue weighted by Gasteiger charge is -2.32. The summed E-state index contributed by atoms with van der Waals surface area (Å²) in [5.74, 6) is 2.12. The smallest absolute Gasteiger partial charge is 0.303 e. The molecule has 5 heteroatoms. The molecule has 2 fully saturated rings. The van der Waals surface area contributed by atoms with E-state index in [0.29, 0.717) is 5.91 Å². The highest BCUT2D eigenvalue weighted by Crippen LogP contribution is 2.27. The van der Waals surface area contributed by atoms with Crippen LogP contribution in [-0.2, 0) is 9.59 Å². The van der Waals surface area contributed by atoms with Crippen LogP contribution in [0.25, 0.3) is 0 Å². The second-order valence-corrected chi connectivity index (χ2v) is 6.08. The molecule has 0 saturated carbocycles. The molecule has 1 N–H and O–H groups in total. The zero-order valence-corrected chi connectivity index (χ0v) is 10.7. The minimum atomic E-state index is -0.720. The fourth-order valence-corrected chi connectivity index (χ4v) is 3.80. The van der Waals surface area contributed by atoms with Crippen molar-refractivity contribution < 1.29 is 14.7 Å². The summed E-state index contributed by atoms with van der Waals surface area (Å²) >= 11 is 1.86. The number of carboxylic acids is 1. The van der Waals surface area contributed by atoms with Crippen LogP contribution < -0.4 is 0 Å². The average Bonchev–Trinajstić information content (AvgIpc) is 2.82. The van der Waals surface area contributed by atoms with Gasteiger partial charge in [-0.1, -0.05) is 0 Å². The summed E-state index contributed by atoms with van der Waals surface area (Å²) < 4.78 is 0. The number of thioether (sulfide) groups is 1. The van der Waals surface area contributed by atoms with E-state index < -0.39 is 5.97 Å². The number of hydrogen-bond acceptors (Lipinski definition) is 3. The average molecular weight is 257 g/mol. The van der Waals surface area contributed by atoms with Gasteiger partial charge < -0.3 is 10.0 Å². The normalized spacial score (nSPS) is 26.1. The quantitative estimate of drug-likeness (QED) is 0.831. The Hall–Kier alpha value is -0.710. The van der Waals surface area contributed by atoms with E-state index in [1.165, 1.54) is 0 Å². The van der Waals surface area contributed by atoms with Crippen molar-refractivity contribution in [3.05, 3.63) is 0 Å². The van der Waals surface area contributed by atoms with Gasteiger partial charge in [0.15, 0.2) is 0 Å². The fraction of sp³-hybridized carbons (Fsp3) is 0.833. The molecule has 1 atom stereocenters. The number of rotatable bonds is 3. The number of nitrogens with zero attached hydrogens (tertiary/aromatic N) is 1. The van der Waals surface area contributed by atoms with Gasteiger partial charge in [0.25, 0.3) is 0 Å². The third-order valence-corrected chi connectivity index (χ3v) is 4.83. The zero-order chi connectivity index (χ0) is 12.3. The van der Waals surface area contributed by atoms with Crippen molar-refractivity contribution >= 4 is 23.6 Å². The Morgan fingerprint density at radius 2 is 1.94 bits per heavy atom. The van der Waals surface area contributed by atoms with Crippen LogP contribution in [-0.4, -0.2) is 46.5 Å². The second-order valence-electron chi connectivity index (χ2n) is 4.93. The number of carbonyl (C=O) groups is 2. The Morgan fingerprint density at radius 1 is 1.24 bits per heavy atom. The predicted octanol–water partition coefficient (Wildman–Crippen LogP) is 1.45. The molecule has 2 heterocycles. The standard InChI is InChI=1S/C12H19NO3S/c14-11(15)7-9-1-4-13(5-2-9)12(16)10-3-6-17-8-10/h9-10H,1-8H2,(H,14,15). The van der Waals surface area contributed by atoms with E-state index in [9.17, 15) is 9.59 Å². The molecule has 0 aromatic rings. The van der Waals surface area contributed by atoms with Crippen molar-refractivity contribution in [3.63, 3.8) is 0 Å². The Morgan fingerprint density at radius 3 is 2.47 bits per heavy atom. The lowest BCUT2D eigenvalue weighted by molar-refractivity contribution is -0.139. The van der Waals surface area contributed by atoms with E-state index in [0.717, 1.165) is 43.9 Å². The summed E-state index contributed by atoms with van der Waals surface area (Å²) in [5, 5.41) is 8.73. The molecule has 96 valence electrons. The van der Waals surface area contributed by atoms with Crippen LogP contribution >= 0.6 is 11.8 Å². The second kappa shape index (κ2) is 5.76. The molecule has 0 spiro atoms. The Balaban J connectivity index is 1.78. The summed E-state index contributed by atoms with van der Waals surface area (Å²) in [5.41, 5.74) is 0. The first kappa shape index (κ1) is 12.7. The lowest BCUT2D eigenvalue weighted by atomic mass is 9.93. The third kappa shape index (κ3) is 3.37. The first-order valence-electron chi connectivity index (χ1n) is 6.25. The maximum Gasteiger partial charge on any atom is 0.303 e. The number of aliphatic carboxylic acids is 1. The highest BCUT2D eigenvalue weighted by molar-refractivity contribution is 7.99. The molecule has 1 unspecified atom stereocenters. The summed E-state index contributed by atoms with van der Waals surface area (Å²) in [6, 6.07) is 0. The highest BCUT2D eigenvalue weighted by Gasteiger charge is 2.30. The summed E-state index contributed by atoms with van der Waals surface area (Å²) in [7, 11) is 0. The third-order valence-electron chi connectivity index (χ3n) is 3.67. The van der Waals surface area contributed by atoms with Gasteiger partial charge in [0.05, 0.1) is 0 Å². The van der Waals surface area contributed by atoms with E-state index in [4.69, 9.17) is 5.11 Å². The van der Waals surface area contributed by atoms with E-state index in [1.54, 1.807) is 0 Å². The van der Waals surface area contributed by atoms with Crippen molar-refractivity contribution in [1.82, 2.24) is 4.90 Å². The van der Waals surface area contributed by atoms with Gasteiger partial charge in [0, 0.05) is 31.2 Å². The Kier molecular flexibility index (Phi) is 4.31. The number of piperidine rings is 1. The van der Waals surface area contributed by atoms with Crippen molar-refractivity contribution in [1.29, 1.82) is 0 Å². The molecule has 0 aromatic carbocycles. The minimum absolute atomic E-state index is 0.219. The maximum absolute atomic E-state index is 12.1. The molecular weight excluding hydrogens is 238 g/mol. The number of amides is 1. The summed E-state index contributed by atoms with van der Waals surface area (Å²) in [6.45, 7) is 1.50. The van der Waals surface area contributed by atoms with E-state index in [1.807, 2.05) is 16.7 Å². The van der Waals surface area contributed by atoms with Crippen molar-refractivity contribution in [2.24, 2.45) is 11.8 Å². The van der Waals surface area contributed by atoms with Crippen LogP contribution in [0.4, 0.5) is 0 Å². The predicted molar refractivity (Wildman–Crippen MR) is 67.0 cm³/mol. The molecule has 0 radical (unpaired) electrons. The molecule has 2 rings (SSSR count). The molecule has 0 aliphatic carbocycles. The van der Waals surface area contributed by atoms with Crippen LogP contribution in [0.2, 0.25) is 0 Å². The monoisotopic (exact) mass is 257 g/mol. The highest BCUT2D eigenvalue weighted by atomic mass is 32.2. The van der Waals surface area contributed by atoms with E-state index >= 15 is 0 Å². The molecule has 17 heavy (non-hydrogen) atoms. The Bertz CT molecular complexity index is 294. The van der Waals surface area contributed by atoms with Crippen molar-refractivity contribution in [2.45, 2.75) is 25.7 Å². The molecular formula is C12H19NO3S. The van der Waals surface area contributed by atoms with E-state index in [2.05, 4.69) is 0 Å². The van der Waals surface area contributed by atoms with E-state index in [-0.39, 0.29) is 18.3 Å². The fourth-order valence-electron chi connectivity index (χ4n) is 2.59. The first-order valence-corrected chi connectivity index (χ1v) is 7.40. The lowest BCUT2D eigenvalue weighted by Crippen LogP contribution is -2.42.